The summed E-state index contributed by atoms with van der Waals surface area (Å²) in [6.07, 6.45) is -1.76. The molecule has 4 rings (SSSR count). The first-order chi connectivity index (χ1) is 16.7. The molecule has 0 saturated heterocycles. The second kappa shape index (κ2) is 9.41. The van der Waals surface area contributed by atoms with Crippen molar-refractivity contribution in [2.75, 3.05) is 32.4 Å². The van der Waals surface area contributed by atoms with E-state index < -0.39 is 6.36 Å². The van der Waals surface area contributed by atoms with Crippen molar-refractivity contribution in [3.05, 3.63) is 48.8 Å². The third kappa shape index (κ3) is 5.21. The highest BCUT2D eigenvalue weighted by Crippen LogP contribution is 2.42. The first-order valence-electron chi connectivity index (χ1n) is 10.1. The summed E-state index contributed by atoms with van der Waals surface area (Å²) in [4.78, 5) is 12.7. The number of pyridine rings is 1. The summed E-state index contributed by atoms with van der Waals surface area (Å²) in [5.41, 5.74) is 7.94. The molecule has 2 aromatic heterocycles. The van der Waals surface area contributed by atoms with Crippen LogP contribution in [-0.4, -0.2) is 42.6 Å². The largest absolute Gasteiger partial charge is 0.573 e. The minimum atomic E-state index is -4.80. The van der Waals surface area contributed by atoms with E-state index in [1.807, 2.05) is 0 Å². The number of aromatic nitrogens is 3. The fourth-order valence-electron chi connectivity index (χ4n) is 3.45. The van der Waals surface area contributed by atoms with E-state index in [4.69, 9.17) is 19.9 Å². The number of benzene rings is 2. The molecule has 0 amide bonds. The van der Waals surface area contributed by atoms with Crippen molar-refractivity contribution in [3.8, 4) is 34.1 Å². The number of hydrogen-bond acceptors (Lipinski definition) is 9. The van der Waals surface area contributed by atoms with Gasteiger partial charge in [-0.1, -0.05) is 0 Å². The highest BCUT2D eigenvalue weighted by Gasteiger charge is 2.31. The number of alkyl halides is 3. The number of anilines is 3. The third-order valence-electron chi connectivity index (χ3n) is 4.93. The molecule has 0 aliphatic heterocycles. The van der Waals surface area contributed by atoms with Crippen LogP contribution in [-0.2, 0) is 0 Å². The number of fused-ring (bicyclic) bond motifs is 1. The fourth-order valence-corrected chi connectivity index (χ4v) is 3.45. The average molecular weight is 487 g/mol. The van der Waals surface area contributed by atoms with Gasteiger partial charge in [0.05, 0.1) is 38.7 Å². The third-order valence-corrected chi connectivity index (χ3v) is 4.93. The summed E-state index contributed by atoms with van der Waals surface area (Å²) in [7, 11) is 4.49. The maximum absolute atomic E-state index is 12.6. The van der Waals surface area contributed by atoms with E-state index in [1.54, 1.807) is 18.2 Å². The van der Waals surface area contributed by atoms with E-state index in [2.05, 4.69) is 25.0 Å². The second-order valence-corrected chi connectivity index (χ2v) is 7.16. The average Bonchev–Trinajstić information content (AvgIpc) is 2.82. The molecule has 0 bridgehead atoms. The number of methoxy groups -OCH3 is 3. The summed E-state index contributed by atoms with van der Waals surface area (Å²) in [6.45, 7) is 0. The lowest BCUT2D eigenvalue weighted by Crippen LogP contribution is -2.17. The zero-order chi connectivity index (χ0) is 25.2. The number of rotatable bonds is 7. The van der Waals surface area contributed by atoms with E-state index in [0.29, 0.717) is 50.8 Å². The molecule has 0 unspecified atom stereocenters. The number of nitrogens with two attached hydrogens (primary N) is 1. The van der Waals surface area contributed by atoms with E-state index in [9.17, 15) is 13.2 Å². The van der Waals surface area contributed by atoms with Crippen molar-refractivity contribution >= 4 is 28.4 Å². The van der Waals surface area contributed by atoms with Crippen molar-refractivity contribution < 1.29 is 32.1 Å². The van der Waals surface area contributed by atoms with Crippen LogP contribution < -0.4 is 30.0 Å². The molecule has 0 radical (unpaired) electrons. The first-order valence-corrected chi connectivity index (χ1v) is 10.1. The highest BCUT2D eigenvalue weighted by molar-refractivity contribution is 5.86. The molecular formula is C23H20F3N5O4. The lowest BCUT2D eigenvalue weighted by atomic mass is 10.1. The Morgan fingerprint density at radius 2 is 1.60 bits per heavy atom. The maximum atomic E-state index is 12.6. The van der Waals surface area contributed by atoms with Gasteiger partial charge in [0.15, 0.2) is 11.5 Å². The Kier molecular flexibility index (Phi) is 6.36. The van der Waals surface area contributed by atoms with Crippen molar-refractivity contribution in [1.82, 2.24) is 15.0 Å². The van der Waals surface area contributed by atoms with Gasteiger partial charge >= 0.3 is 6.36 Å². The summed E-state index contributed by atoms with van der Waals surface area (Å²) < 4.78 is 58.0. The van der Waals surface area contributed by atoms with Crippen LogP contribution in [0.15, 0.2) is 48.8 Å². The quantitative estimate of drug-likeness (QED) is 0.374. The first kappa shape index (κ1) is 23.7. The van der Waals surface area contributed by atoms with Gasteiger partial charge < -0.3 is 30.0 Å². The van der Waals surface area contributed by atoms with Gasteiger partial charge in [0.2, 0.25) is 11.7 Å². The Bertz CT molecular complexity index is 1360. The molecule has 0 spiro atoms. The predicted molar refractivity (Wildman–Crippen MR) is 123 cm³/mol. The Labute approximate surface area is 197 Å². The van der Waals surface area contributed by atoms with Crippen molar-refractivity contribution in [3.63, 3.8) is 0 Å². The van der Waals surface area contributed by atoms with Gasteiger partial charge in [-0.25, -0.2) is 4.98 Å². The molecule has 2 aromatic carbocycles. The van der Waals surface area contributed by atoms with E-state index in [-0.39, 0.29) is 11.7 Å². The predicted octanol–water partition coefficient (Wildman–Crippen LogP) is 4.94. The minimum Gasteiger partial charge on any atom is -0.493 e. The van der Waals surface area contributed by atoms with Gasteiger partial charge in [-0.3, -0.25) is 4.98 Å². The molecule has 0 atom stereocenters. The van der Waals surface area contributed by atoms with Gasteiger partial charge in [0.25, 0.3) is 0 Å². The fraction of sp³-hybridized carbons (Fsp3) is 0.174. The Hall–Kier alpha value is -4.48. The van der Waals surface area contributed by atoms with Gasteiger partial charge in [0, 0.05) is 17.1 Å². The van der Waals surface area contributed by atoms with Crippen LogP contribution in [0.5, 0.6) is 23.0 Å². The number of hydrogen-bond donors (Lipinski definition) is 2. The molecule has 35 heavy (non-hydrogen) atoms. The van der Waals surface area contributed by atoms with Crippen molar-refractivity contribution in [2.24, 2.45) is 0 Å². The van der Waals surface area contributed by atoms with Gasteiger partial charge in [-0.15, -0.1) is 13.2 Å². The molecule has 0 aliphatic rings. The number of ether oxygens (including phenoxy) is 4. The Morgan fingerprint density at radius 3 is 2.23 bits per heavy atom. The summed E-state index contributed by atoms with van der Waals surface area (Å²) in [5.74, 6) is 1.26. The molecule has 0 saturated carbocycles. The molecule has 9 nitrogen and oxygen atoms in total. The van der Waals surface area contributed by atoms with Crippen LogP contribution in [0.4, 0.5) is 30.6 Å². The molecule has 4 aromatic rings. The monoisotopic (exact) mass is 487 g/mol. The van der Waals surface area contributed by atoms with Crippen molar-refractivity contribution in [1.29, 1.82) is 0 Å². The van der Waals surface area contributed by atoms with Crippen LogP contribution in [0, 0.1) is 0 Å². The number of nitrogens with zero attached hydrogens (tertiary/aromatic N) is 3. The molecular weight excluding hydrogens is 467 g/mol. The van der Waals surface area contributed by atoms with E-state index in [1.165, 1.54) is 51.9 Å². The Morgan fingerprint density at radius 1 is 0.886 bits per heavy atom. The zero-order valence-electron chi connectivity index (χ0n) is 18.8. The van der Waals surface area contributed by atoms with Gasteiger partial charge in [-0.05, 0) is 42.0 Å². The van der Waals surface area contributed by atoms with Gasteiger partial charge in [0.1, 0.15) is 11.6 Å². The van der Waals surface area contributed by atoms with E-state index >= 15 is 0 Å². The lowest BCUT2D eigenvalue weighted by Gasteiger charge is -2.16. The standard InChI is InChI=1S/C23H20F3N5O4/c1-32-18-8-12(9-19(33-2)20(18)34-3)16-11-29-22(27)31-21(16)30-14-6-13-7-15(35-23(24,25)26)4-5-17(13)28-10-14/h4-11H,1-3H3,(H3,27,29,30,31). The SMILES string of the molecule is COc1cc(-c2cnc(N)nc2Nc2cnc3ccc(OC(F)(F)F)cc3c2)cc(OC)c1OC. The molecule has 182 valence electrons. The van der Waals surface area contributed by atoms with Crippen LogP contribution in [0.2, 0.25) is 0 Å². The summed E-state index contributed by atoms with van der Waals surface area (Å²) in [6, 6.07) is 8.94. The number of nitrogens with one attached hydrogen (secondary N) is 1. The minimum absolute atomic E-state index is 0.0123. The molecule has 0 aliphatic carbocycles. The normalized spacial score (nSPS) is 11.3. The van der Waals surface area contributed by atoms with Crippen molar-refractivity contribution in [2.45, 2.75) is 6.36 Å². The lowest BCUT2D eigenvalue weighted by molar-refractivity contribution is -0.274. The van der Waals surface area contributed by atoms with Crippen LogP contribution in [0.25, 0.3) is 22.0 Å². The second-order valence-electron chi connectivity index (χ2n) is 7.16. The Balaban J connectivity index is 1.75. The van der Waals surface area contributed by atoms with E-state index in [0.717, 1.165) is 0 Å². The molecule has 3 N–H and O–H groups in total. The zero-order valence-corrected chi connectivity index (χ0v) is 18.8. The number of halogens is 3. The summed E-state index contributed by atoms with van der Waals surface area (Å²) >= 11 is 0. The maximum Gasteiger partial charge on any atom is 0.573 e. The van der Waals surface area contributed by atoms with Crippen LogP contribution >= 0.6 is 0 Å². The van der Waals surface area contributed by atoms with Crippen LogP contribution in [0.3, 0.4) is 0 Å². The topological polar surface area (TPSA) is 114 Å². The smallest absolute Gasteiger partial charge is 0.493 e. The summed E-state index contributed by atoms with van der Waals surface area (Å²) in [5, 5.41) is 3.53. The number of nitrogen functional groups attached to an aromatic ring is 1. The highest BCUT2D eigenvalue weighted by atomic mass is 19.4. The molecule has 12 heteroatoms. The van der Waals surface area contributed by atoms with Gasteiger partial charge in [-0.2, -0.15) is 4.98 Å². The van der Waals surface area contributed by atoms with Crippen LogP contribution in [0.1, 0.15) is 0 Å². The molecule has 2 heterocycles. The molecule has 0 fully saturated rings.